The highest BCUT2D eigenvalue weighted by Gasteiger charge is 2.31. The van der Waals surface area contributed by atoms with E-state index in [0.29, 0.717) is 36.1 Å². The molecule has 168 valence electrons. The van der Waals surface area contributed by atoms with E-state index in [2.05, 4.69) is 19.2 Å². The number of anilines is 2. The van der Waals surface area contributed by atoms with Crippen molar-refractivity contribution in [2.75, 3.05) is 19.0 Å². The molecule has 2 aromatic carbocycles. The molecule has 6 nitrogen and oxygen atoms in total. The number of ether oxygens (including phenoxy) is 1. The van der Waals surface area contributed by atoms with Crippen molar-refractivity contribution >= 4 is 34.3 Å². The SMILES string of the molecule is CCCC(O)(CCC)c1cccc2nc(Nc3c(C)cc(Cl)cc3OC)n(CCO)c12. The first-order valence-corrected chi connectivity index (χ1v) is 11.2. The summed E-state index contributed by atoms with van der Waals surface area (Å²) in [6.07, 6.45) is 3.06. The minimum atomic E-state index is -0.943. The van der Waals surface area contributed by atoms with Crippen LogP contribution in [0.3, 0.4) is 0 Å². The summed E-state index contributed by atoms with van der Waals surface area (Å²) >= 11 is 6.19. The van der Waals surface area contributed by atoms with Gasteiger partial charge in [0.1, 0.15) is 5.75 Å². The Bertz CT molecular complexity index is 1040. The molecule has 0 bridgehead atoms. The normalized spacial score (nSPS) is 11.8. The van der Waals surface area contributed by atoms with Gasteiger partial charge < -0.3 is 24.8 Å². The summed E-state index contributed by atoms with van der Waals surface area (Å²) < 4.78 is 7.46. The lowest BCUT2D eigenvalue weighted by Gasteiger charge is -2.29. The standard InChI is InChI=1S/C24H32ClN3O3/c1-5-10-24(30,11-6-2)18-8-7-9-19-22(18)28(12-13-29)23(26-19)27-21-16(3)14-17(25)15-20(21)31-4/h7-9,14-15,29-30H,5-6,10-13H2,1-4H3,(H,26,27). The van der Waals surface area contributed by atoms with Gasteiger partial charge in [0.15, 0.2) is 0 Å². The zero-order valence-electron chi connectivity index (χ0n) is 18.7. The lowest BCUT2D eigenvalue weighted by molar-refractivity contribution is 0.0181. The van der Waals surface area contributed by atoms with Crippen LogP contribution in [-0.2, 0) is 12.1 Å². The second-order valence-corrected chi connectivity index (χ2v) is 8.38. The summed E-state index contributed by atoms with van der Waals surface area (Å²) in [6, 6.07) is 9.45. The third kappa shape index (κ3) is 4.66. The number of nitrogens with zero attached hydrogens (tertiary/aromatic N) is 2. The first-order valence-electron chi connectivity index (χ1n) is 10.8. The predicted molar refractivity (Wildman–Crippen MR) is 127 cm³/mol. The molecular formula is C24H32ClN3O3. The van der Waals surface area contributed by atoms with E-state index in [1.807, 2.05) is 35.8 Å². The molecule has 3 aromatic rings. The Morgan fingerprint density at radius 2 is 1.90 bits per heavy atom. The summed E-state index contributed by atoms with van der Waals surface area (Å²) in [4.78, 5) is 4.80. The van der Waals surface area contributed by atoms with Gasteiger partial charge in [0, 0.05) is 23.2 Å². The summed E-state index contributed by atoms with van der Waals surface area (Å²) in [7, 11) is 1.60. The van der Waals surface area contributed by atoms with Gasteiger partial charge in [0.25, 0.3) is 0 Å². The summed E-state index contributed by atoms with van der Waals surface area (Å²) in [5.41, 5.74) is 3.20. The van der Waals surface area contributed by atoms with Crippen LogP contribution in [0.1, 0.15) is 50.7 Å². The van der Waals surface area contributed by atoms with Crippen LogP contribution in [0.2, 0.25) is 5.02 Å². The fourth-order valence-corrected chi connectivity index (χ4v) is 4.60. The fourth-order valence-electron chi connectivity index (χ4n) is 4.34. The van der Waals surface area contributed by atoms with Crippen LogP contribution in [0.25, 0.3) is 11.0 Å². The van der Waals surface area contributed by atoms with E-state index in [1.165, 1.54) is 0 Å². The number of rotatable bonds is 10. The van der Waals surface area contributed by atoms with E-state index in [9.17, 15) is 10.2 Å². The first-order chi connectivity index (χ1) is 14.9. The number of aryl methyl sites for hydroxylation is 1. The molecule has 0 aliphatic carbocycles. The number of hydrogen-bond donors (Lipinski definition) is 3. The third-order valence-corrected chi connectivity index (χ3v) is 5.86. The van der Waals surface area contributed by atoms with Crippen molar-refractivity contribution < 1.29 is 14.9 Å². The largest absolute Gasteiger partial charge is 0.495 e. The molecule has 0 spiro atoms. The number of aliphatic hydroxyl groups excluding tert-OH is 1. The minimum absolute atomic E-state index is 0.0504. The Morgan fingerprint density at radius 1 is 1.19 bits per heavy atom. The summed E-state index contributed by atoms with van der Waals surface area (Å²) in [5, 5.41) is 25.3. The van der Waals surface area contributed by atoms with Crippen LogP contribution in [0.15, 0.2) is 30.3 Å². The molecule has 1 aromatic heterocycles. The molecule has 3 rings (SSSR count). The lowest BCUT2D eigenvalue weighted by atomic mass is 9.84. The number of benzene rings is 2. The Hall–Kier alpha value is -2.28. The maximum atomic E-state index is 11.6. The van der Waals surface area contributed by atoms with E-state index in [4.69, 9.17) is 21.3 Å². The smallest absolute Gasteiger partial charge is 0.208 e. The van der Waals surface area contributed by atoms with E-state index in [0.717, 1.165) is 40.7 Å². The number of nitrogens with one attached hydrogen (secondary N) is 1. The number of imidazole rings is 1. The van der Waals surface area contributed by atoms with Gasteiger partial charge in [-0.2, -0.15) is 0 Å². The Balaban J connectivity index is 2.20. The molecule has 31 heavy (non-hydrogen) atoms. The Morgan fingerprint density at radius 3 is 2.52 bits per heavy atom. The molecule has 0 unspecified atom stereocenters. The van der Waals surface area contributed by atoms with E-state index in [1.54, 1.807) is 13.2 Å². The number of aromatic nitrogens is 2. The van der Waals surface area contributed by atoms with Crippen molar-refractivity contribution in [1.82, 2.24) is 9.55 Å². The Kier molecular flexibility index (Phi) is 7.46. The highest BCUT2D eigenvalue weighted by Crippen LogP contribution is 2.39. The Labute approximate surface area is 188 Å². The molecule has 0 atom stereocenters. The van der Waals surface area contributed by atoms with Crippen molar-refractivity contribution in [2.24, 2.45) is 0 Å². The number of halogens is 1. The summed E-state index contributed by atoms with van der Waals surface area (Å²) in [6.45, 7) is 6.40. The third-order valence-electron chi connectivity index (χ3n) is 5.64. The van der Waals surface area contributed by atoms with Gasteiger partial charge in [-0.3, -0.25) is 0 Å². The average molecular weight is 446 g/mol. The van der Waals surface area contributed by atoms with Gasteiger partial charge in [0.2, 0.25) is 5.95 Å². The zero-order valence-corrected chi connectivity index (χ0v) is 19.5. The number of para-hydroxylation sites is 1. The molecule has 0 saturated carbocycles. The quantitative estimate of drug-likeness (QED) is 0.382. The molecule has 7 heteroatoms. The van der Waals surface area contributed by atoms with Gasteiger partial charge in [-0.05, 0) is 37.5 Å². The van der Waals surface area contributed by atoms with E-state index < -0.39 is 5.60 Å². The fraction of sp³-hybridized carbons (Fsp3) is 0.458. The van der Waals surface area contributed by atoms with Gasteiger partial charge >= 0.3 is 0 Å². The van der Waals surface area contributed by atoms with E-state index >= 15 is 0 Å². The molecule has 0 fully saturated rings. The highest BCUT2D eigenvalue weighted by molar-refractivity contribution is 6.31. The maximum absolute atomic E-state index is 11.6. The monoisotopic (exact) mass is 445 g/mol. The van der Waals surface area contributed by atoms with Crippen LogP contribution in [0.4, 0.5) is 11.6 Å². The van der Waals surface area contributed by atoms with Crippen LogP contribution in [-0.4, -0.2) is 33.5 Å². The van der Waals surface area contributed by atoms with Crippen LogP contribution in [0.5, 0.6) is 5.75 Å². The lowest BCUT2D eigenvalue weighted by Crippen LogP contribution is -2.26. The highest BCUT2D eigenvalue weighted by atomic mass is 35.5. The van der Waals surface area contributed by atoms with E-state index in [-0.39, 0.29) is 6.61 Å². The van der Waals surface area contributed by atoms with Crippen molar-refractivity contribution in [2.45, 2.75) is 58.6 Å². The predicted octanol–water partition coefficient (Wildman–Crippen LogP) is 5.53. The topological polar surface area (TPSA) is 79.5 Å². The van der Waals surface area contributed by atoms with Crippen LogP contribution < -0.4 is 10.1 Å². The number of fused-ring (bicyclic) bond motifs is 1. The molecule has 0 amide bonds. The number of hydrogen-bond acceptors (Lipinski definition) is 5. The van der Waals surface area contributed by atoms with Gasteiger partial charge in [-0.1, -0.05) is 50.4 Å². The number of aliphatic hydroxyl groups is 2. The van der Waals surface area contributed by atoms with Crippen molar-refractivity contribution in [1.29, 1.82) is 0 Å². The van der Waals surface area contributed by atoms with Gasteiger partial charge in [-0.15, -0.1) is 0 Å². The van der Waals surface area contributed by atoms with Crippen LogP contribution in [0, 0.1) is 6.92 Å². The maximum Gasteiger partial charge on any atom is 0.208 e. The van der Waals surface area contributed by atoms with Gasteiger partial charge in [0.05, 0.1) is 36.0 Å². The minimum Gasteiger partial charge on any atom is -0.495 e. The van der Waals surface area contributed by atoms with Gasteiger partial charge in [-0.25, -0.2) is 4.98 Å². The molecular weight excluding hydrogens is 414 g/mol. The van der Waals surface area contributed by atoms with Crippen LogP contribution >= 0.6 is 11.6 Å². The molecule has 1 heterocycles. The molecule has 0 radical (unpaired) electrons. The molecule has 0 saturated heterocycles. The number of methoxy groups -OCH3 is 1. The molecule has 0 aliphatic rings. The van der Waals surface area contributed by atoms with Crippen molar-refractivity contribution in [3.63, 3.8) is 0 Å². The second kappa shape index (κ2) is 9.90. The molecule has 3 N–H and O–H groups in total. The second-order valence-electron chi connectivity index (χ2n) is 7.94. The summed E-state index contributed by atoms with van der Waals surface area (Å²) in [5.74, 6) is 1.19. The zero-order chi connectivity index (χ0) is 22.6. The van der Waals surface area contributed by atoms with Crippen molar-refractivity contribution in [3.05, 3.63) is 46.5 Å². The molecule has 0 aliphatic heterocycles. The van der Waals surface area contributed by atoms with Crippen molar-refractivity contribution in [3.8, 4) is 5.75 Å². The first kappa shape index (κ1) is 23.4. The average Bonchev–Trinajstić information content (AvgIpc) is 3.07.